The minimum absolute atomic E-state index is 0.0901. The quantitative estimate of drug-likeness (QED) is 0.259. The Balaban J connectivity index is 1.64. The van der Waals surface area contributed by atoms with E-state index in [-0.39, 0.29) is 22.5 Å². The molecule has 2 aromatic carbocycles. The first-order valence-corrected chi connectivity index (χ1v) is 12.0. The van der Waals surface area contributed by atoms with Crippen LogP contribution in [-0.4, -0.2) is 46.1 Å². The maximum Gasteiger partial charge on any atom is 0.339 e. The van der Waals surface area contributed by atoms with Crippen molar-refractivity contribution in [1.82, 2.24) is 10.7 Å². The van der Waals surface area contributed by atoms with E-state index < -0.39 is 10.1 Å². The number of aryl methyl sites for hydroxylation is 2. The van der Waals surface area contributed by atoms with Gasteiger partial charge in [-0.15, -0.1) is 0 Å². The lowest BCUT2D eigenvalue weighted by atomic mass is 10.2. The molecule has 1 aliphatic heterocycles. The van der Waals surface area contributed by atoms with Gasteiger partial charge in [-0.05, 0) is 79.9 Å². The van der Waals surface area contributed by atoms with Crippen LogP contribution in [0, 0.1) is 13.8 Å². The Morgan fingerprint density at radius 2 is 2.06 bits per heavy atom. The first kappa shape index (κ1) is 24.0. The molecule has 3 rings (SSSR count). The maximum atomic E-state index is 12.8. The Hall–Kier alpha value is -2.69. The van der Waals surface area contributed by atoms with Crippen LogP contribution in [0.1, 0.15) is 29.5 Å². The van der Waals surface area contributed by atoms with Gasteiger partial charge in [-0.3, -0.25) is 5.43 Å². The van der Waals surface area contributed by atoms with Crippen LogP contribution in [0.2, 0.25) is 0 Å². The highest BCUT2D eigenvalue weighted by Gasteiger charge is 2.21. The summed E-state index contributed by atoms with van der Waals surface area (Å²) in [5.74, 6) is 0.356. The van der Waals surface area contributed by atoms with Gasteiger partial charge in [-0.25, -0.2) is 0 Å². The van der Waals surface area contributed by atoms with Gasteiger partial charge in [0.25, 0.3) is 0 Å². The summed E-state index contributed by atoms with van der Waals surface area (Å²) in [6.45, 7) is 4.97. The maximum absolute atomic E-state index is 12.8. The molecule has 0 bridgehead atoms. The van der Waals surface area contributed by atoms with E-state index in [2.05, 4.69) is 15.8 Å². The zero-order chi connectivity index (χ0) is 23.1. The Morgan fingerprint density at radius 3 is 2.78 bits per heavy atom. The lowest BCUT2D eigenvalue weighted by Crippen LogP contribution is -2.37. The van der Waals surface area contributed by atoms with Crippen molar-refractivity contribution in [2.75, 3.05) is 20.3 Å². The molecule has 0 spiro atoms. The van der Waals surface area contributed by atoms with Gasteiger partial charge >= 0.3 is 10.1 Å². The summed E-state index contributed by atoms with van der Waals surface area (Å²) in [6.07, 6.45) is 3.81. The number of hydrogen-bond donors (Lipinski definition) is 2. The fraction of sp³-hybridized carbons (Fsp3) is 0.364. The molecule has 2 aromatic rings. The molecule has 32 heavy (non-hydrogen) atoms. The summed E-state index contributed by atoms with van der Waals surface area (Å²) in [4.78, 5) is 0.124. The van der Waals surface area contributed by atoms with Crippen LogP contribution in [0.3, 0.4) is 0 Å². The van der Waals surface area contributed by atoms with Gasteiger partial charge in [0.2, 0.25) is 0 Å². The molecule has 1 saturated heterocycles. The van der Waals surface area contributed by atoms with Crippen LogP contribution in [0.25, 0.3) is 0 Å². The number of benzene rings is 2. The van der Waals surface area contributed by atoms with Crippen molar-refractivity contribution in [2.45, 2.75) is 37.7 Å². The van der Waals surface area contributed by atoms with Crippen molar-refractivity contribution in [3.05, 3.63) is 53.1 Å². The molecule has 0 aromatic heterocycles. The zero-order valence-electron chi connectivity index (χ0n) is 18.3. The molecule has 10 heteroatoms. The van der Waals surface area contributed by atoms with Gasteiger partial charge in [-0.1, -0.05) is 12.1 Å². The van der Waals surface area contributed by atoms with Gasteiger partial charge in [0.1, 0.15) is 4.90 Å². The number of nitrogens with one attached hydrogen (secondary N) is 2. The first-order chi connectivity index (χ1) is 15.3. The number of nitrogens with zero attached hydrogens (tertiary/aromatic N) is 1. The van der Waals surface area contributed by atoms with Crippen molar-refractivity contribution in [2.24, 2.45) is 5.10 Å². The number of ether oxygens (including phenoxy) is 2. The van der Waals surface area contributed by atoms with Crippen LogP contribution >= 0.6 is 12.2 Å². The molecule has 0 saturated carbocycles. The van der Waals surface area contributed by atoms with Crippen LogP contribution in [-0.2, 0) is 14.9 Å². The van der Waals surface area contributed by atoms with E-state index >= 15 is 0 Å². The van der Waals surface area contributed by atoms with E-state index in [0.29, 0.717) is 22.8 Å². The molecule has 1 atom stereocenters. The summed E-state index contributed by atoms with van der Waals surface area (Å²) in [5, 5.41) is 7.56. The minimum Gasteiger partial charge on any atom is -0.493 e. The Bertz CT molecular complexity index is 1100. The second-order valence-corrected chi connectivity index (χ2v) is 9.35. The van der Waals surface area contributed by atoms with E-state index in [0.717, 1.165) is 25.0 Å². The molecule has 0 unspecified atom stereocenters. The van der Waals surface area contributed by atoms with E-state index in [4.69, 9.17) is 25.9 Å². The second kappa shape index (κ2) is 10.8. The highest BCUT2D eigenvalue weighted by Crippen LogP contribution is 2.31. The van der Waals surface area contributed by atoms with Crippen molar-refractivity contribution >= 4 is 33.7 Å². The predicted molar refractivity (Wildman–Crippen MR) is 127 cm³/mol. The molecule has 8 nitrogen and oxygen atoms in total. The van der Waals surface area contributed by atoms with Crippen LogP contribution < -0.4 is 19.7 Å². The summed E-state index contributed by atoms with van der Waals surface area (Å²) in [7, 11) is -2.57. The number of methoxy groups -OCH3 is 1. The number of thiocarbonyl (C=S) groups is 1. The largest absolute Gasteiger partial charge is 0.493 e. The molecule has 172 valence electrons. The second-order valence-electron chi connectivity index (χ2n) is 7.43. The minimum atomic E-state index is -4.02. The van der Waals surface area contributed by atoms with Crippen LogP contribution in [0.15, 0.2) is 46.4 Å². The monoisotopic (exact) mass is 477 g/mol. The highest BCUT2D eigenvalue weighted by atomic mass is 32.2. The predicted octanol–water partition coefficient (Wildman–Crippen LogP) is 3.06. The molecule has 2 N–H and O–H groups in total. The van der Waals surface area contributed by atoms with E-state index in [1.807, 2.05) is 13.0 Å². The summed E-state index contributed by atoms with van der Waals surface area (Å²) in [6, 6.07) is 10.00. The van der Waals surface area contributed by atoms with Gasteiger partial charge in [0.15, 0.2) is 16.6 Å². The molecular formula is C22H27N3O5S2. The van der Waals surface area contributed by atoms with Gasteiger partial charge < -0.3 is 19.0 Å². The first-order valence-electron chi connectivity index (χ1n) is 10.2. The third kappa shape index (κ3) is 6.41. The van der Waals surface area contributed by atoms with Gasteiger partial charge in [0, 0.05) is 13.2 Å². The van der Waals surface area contributed by atoms with E-state index in [9.17, 15) is 8.42 Å². The smallest absolute Gasteiger partial charge is 0.339 e. The fourth-order valence-corrected chi connectivity index (χ4v) is 4.58. The van der Waals surface area contributed by atoms with E-state index in [1.165, 1.54) is 13.2 Å². The number of rotatable bonds is 8. The van der Waals surface area contributed by atoms with E-state index in [1.54, 1.807) is 37.4 Å². The Labute approximate surface area is 194 Å². The number of hydrazone groups is 1. The fourth-order valence-electron chi connectivity index (χ4n) is 3.19. The van der Waals surface area contributed by atoms with Crippen molar-refractivity contribution < 1.29 is 22.1 Å². The summed E-state index contributed by atoms with van der Waals surface area (Å²) in [5.41, 5.74) is 4.85. The number of hydrogen-bond acceptors (Lipinski definition) is 7. The SMILES string of the molecule is COc1cc(/C=N/NC(=S)NC[C@@H]2CCCO2)ccc1OS(=O)(=O)c1cc(C)ccc1C. The van der Waals surface area contributed by atoms with Crippen molar-refractivity contribution in [3.63, 3.8) is 0 Å². The van der Waals surface area contributed by atoms with Crippen LogP contribution in [0.5, 0.6) is 11.5 Å². The highest BCUT2D eigenvalue weighted by molar-refractivity contribution is 7.87. The molecular weight excluding hydrogens is 450 g/mol. The molecule has 1 heterocycles. The lowest BCUT2D eigenvalue weighted by molar-refractivity contribution is 0.114. The van der Waals surface area contributed by atoms with Gasteiger partial charge in [-0.2, -0.15) is 13.5 Å². The van der Waals surface area contributed by atoms with Crippen molar-refractivity contribution in [3.8, 4) is 11.5 Å². The lowest BCUT2D eigenvalue weighted by Gasteiger charge is -2.13. The summed E-state index contributed by atoms with van der Waals surface area (Å²) >= 11 is 5.20. The molecule has 0 radical (unpaired) electrons. The standard InChI is InChI=1S/C22H27N3O5S2/c1-15-6-7-16(2)21(11-15)32(26,27)30-19-9-8-17(12-20(19)28-3)13-24-25-22(31)23-14-18-5-4-10-29-18/h6-9,11-13,18H,4-5,10,14H2,1-3H3,(H2,23,25,31)/b24-13+/t18-/m0/s1. The third-order valence-corrected chi connectivity index (χ3v) is 6.51. The van der Waals surface area contributed by atoms with Gasteiger partial charge in [0.05, 0.1) is 19.4 Å². The molecule has 1 aliphatic rings. The molecule has 0 amide bonds. The Kier molecular flexibility index (Phi) is 8.05. The normalized spacial score (nSPS) is 16.2. The average molecular weight is 478 g/mol. The third-order valence-electron chi connectivity index (χ3n) is 4.89. The average Bonchev–Trinajstić information content (AvgIpc) is 3.28. The molecule has 1 fully saturated rings. The zero-order valence-corrected chi connectivity index (χ0v) is 19.9. The Morgan fingerprint density at radius 1 is 1.25 bits per heavy atom. The van der Waals surface area contributed by atoms with Crippen molar-refractivity contribution in [1.29, 1.82) is 0 Å². The summed E-state index contributed by atoms with van der Waals surface area (Å²) < 4.78 is 41.8. The topological polar surface area (TPSA) is 98.2 Å². The van der Waals surface area contributed by atoms with Crippen LogP contribution in [0.4, 0.5) is 0 Å². The molecule has 0 aliphatic carbocycles.